The molecule has 0 spiro atoms. The van der Waals surface area contributed by atoms with Crippen molar-refractivity contribution in [3.63, 3.8) is 0 Å². The zero-order valence-corrected chi connectivity index (χ0v) is 15.6. The number of likely N-dealkylation sites (tertiary alicyclic amines) is 1. The van der Waals surface area contributed by atoms with Crippen molar-refractivity contribution in [3.05, 3.63) is 66.4 Å². The minimum Gasteiger partial charge on any atom is -0.497 e. The number of hydrogen-bond donors (Lipinski definition) is 0. The molecular weight excluding hydrogens is 336 g/mol. The van der Waals surface area contributed by atoms with Crippen molar-refractivity contribution in [1.29, 1.82) is 0 Å². The maximum absolute atomic E-state index is 5.28. The van der Waals surface area contributed by atoms with Crippen molar-refractivity contribution in [3.8, 4) is 17.0 Å². The first-order valence-corrected chi connectivity index (χ1v) is 9.61. The molecule has 0 radical (unpaired) electrons. The van der Waals surface area contributed by atoms with Crippen LogP contribution in [0, 0.1) is 11.8 Å². The maximum Gasteiger partial charge on any atom is 0.118 e. The van der Waals surface area contributed by atoms with E-state index >= 15 is 0 Å². The summed E-state index contributed by atoms with van der Waals surface area (Å²) >= 11 is 0. The number of ether oxygens (including phenoxy) is 1. The Morgan fingerprint density at radius 1 is 1.00 bits per heavy atom. The summed E-state index contributed by atoms with van der Waals surface area (Å²) in [5.74, 6) is 3.50. The minimum absolute atomic E-state index is 0.687. The smallest absolute Gasteiger partial charge is 0.118 e. The Kier molecular flexibility index (Phi) is 4.17. The number of methoxy groups -OCH3 is 1. The monoisotopic (exact) mass is 360 g/mol. The van der Waals surface area contributed by atoms with Crippen molar-refractivity contribution in [1.82, 2.24) is 19.4 Å². The number of rotatable bonds is 4. The second kappa shape index (κ2) is 6.82. The lowest BCUT2D eigenvalue weighted by atomic mass is 9.89. The van der Waals surface area contributed by atoms with Crippen LogP contribution in [0.15, 0.2) is 54.9 Å². The predicted octanol–water partition coefficient (Wildman–Crippen LogP) is 3.26. The molecule has 0 saturated carbocycles. The number of imidazole rings is 1. The summed E-state index contributed by atoms with van der Waals surface area (Å²) in [6.07, 6.45) is 4.98. The SMILES string of the molecule is COc1ccc(-c2cnc3n2C[C@@H]2CN(Cc4ccccn4)C[C@H]2C3)cc1. The molecular formula is C22H24N4O. The van der Waals surface area contributed by atoms with Crippen LogP contribution in [0.2, 0.25) is 0 Å². The highest BCUT2D eigenvalue weighted by Crippen LogP contribution is 2.36. The number of pyridine rings is 1. The normalized spacial score (nSPS) is 21.7. The molecule has 1 aromatic carbocycles. The summed E-state index contributed by atoms with van der Waals surface area (Å²) in [5.41, 5.74) is 3.58. The third-order valence-corrected chi connectivity index (χ3v) is 5.95. The molecule has 0 amide bonds. The minimum atomic E-state index is 0.687. The molecule has 2 aromatic heterocycles. The third kappa shape index (κ3) is 3.12. The van der Waals surface area contributed by atoms with Gasteiger partial charge in [0, 0.05) is 44.4 Å². The predicted molar refractivity (Wildman–Crippen MR) is 104 cm³/mol. The lowest BCUT2D eigenvalue weighted by molar-refractivity contribution is 0.304. The Hall–Kier alpha value is -2.66. The molecule has 0 aliphatic carbocycles. The first kappa shape index (κ1) is 16.5. The van der Waals surface area contributed by atoms with Gasteiger partial charge in [-0.05, 0) is 48.2 Å². The lowest BCUT2D eigenvalue weighted by Crippen LogP contribution is -2.28. The first-order chi connectivity index (χ1) is 13.3. The van der Waals surface area contributed by atoms with Crippen LogP contribution < -0.4 is 4.74 Å². The highest BCUT2D eigenvalue weighted by Gasteiger charge is 2.37. The van der Waals surface area contributed by atoms with Gasteiger partial charge in [0.1, 0.15) is 11.6 Å². The van der Waals surface area contributed by atoms with E-state index in [9.17, 15) is 0 Å². The molecule has 0 N–H and O–H groups in total. The molecule has 2 atom stereocenters. The fourth-order valence-corrected chi connectivity index (χ4v) is 4.57. The van der Waals surface area contributed by atoms with Gasteiger partial charge in [0.25, 0.3) is 0 Å². The van der Waals surface area contributed by atoms with Crippen LogP contribution in [0.1, 0.15) is 11.5 Å². The van der Waals surface area contributed by atoms with Crippen molar-refractivity contribution < 1.29 is 4.74 Å². The Bertz CT molecular complexity index is 919. The van der Waals surface area contributed by atoms with Gasteiger partial charge < -0.3 is 9.30 Å². The quantitative estimate of drug-likeness (QED) is 0.716. The van der Waals surface area contributed by atoms with E-state index in [4.69, 9.17) is 9.72 Å². The fraction of sp³-hybridized carbons (Fsp3) is 0.364. The van der Waals surface area contributed by atoms with Gasteiger partial charge in [-0.1, -0.05) is 6.07 Å². The summed E-state index contributed by atoms with van der Waals surface area (Å²) in [5, 5.41) is 0. The topological polar surface area (TPSA) is 43.2 Å². The van der Waals surface area contributed by atoms with E-state index in [2.05, 4.69) is 38.7 Å². The number of nitrogens with zero attached hydrogens (tertiary/aromatic N) is 4. The third-order valence-electron chi connectivity index (χ3n) is 5.95. The number of benzene rings is 1. The molecule has 2 aliphatic rings. The second-order valence-corrected chi connectivity index (χ2v) is 7.64. The number of hydrogen-bond acceptors (Lipinski definition) is 4. The number of aromatic nitrogens is 3. The highest BCUT2D eigenvalue weighted by atomic mass is 16.5. The Balaban J connectivity index is 1.33. The summed E-state index contributed by atoms with van der Waals surface area (Å²) in [4.78, 5) is 11.8. The molecule has 2 aliphatic heterocycles. The maximum atomic E-state index is 5.28. The summed E-state index contributed by atoms with van der Waals surface area (Å²) in [6, 6.07) is 14.5. The van der Waals surface area contributed by atoms with E-state index in [0.717, 1.165) is 44.0 Å². The van der Waals surface area contributed by atoms with E-state index in [0.29, 0.717) is 11.8 Å². The van der Waals surface area contributed by atoms with Crippen LogP contribution in [0.3, 0.4) is 0 Å². The Morgan fingerprint density at radius 3 is 2.63 bits per heavy atom. The first-order valence-electron chi connectivity index (χ1n) is 9.61. The molecule has 138 valence electrons. The van der Waals surface area contributed by atoms with E-state index in [1.807, 2.05) is 30.6 Å². The molecule has 1 fully saturated rings. The van der Waals surface area contributed by atoms with Crippen molar-refractivity contribution >= 4 is 0 Å². The average Bonchev–Trinajstić information content (AvgIpc) is 3.29. The molecule has 0 bridgehead atoms. The van der Waals surface area contributed by atoms with Crippen LogP contribution in [-0.2, 0) is 19.5 Å². The highest BCUT2D eigenvalue weighted by molar-refractivity contribution is 5.60. The lowest BCUT2D eigenvalue weighted by Gasteiger charge is -2.27. The van der Waals surface area contributed by atoms with Crippen molar-refractivity contribution in [2.75, 3.05) is 20.2 Å². The summed E-state index contributed by atoms with van der Waals surface area (Å²) in [6.45, 7) is 4.29. The Labute approximate surface area is 159 Å². The fourth-order valence-electron chi connectivity index (χ4n) is 4.57. The molecule has 5 heteroatoms. The molecule has 5 rings (SSSR count). The van der Waals surface area contributed by atoms with Crippen molar-refractivity contribution in [2.24, 2.45) is 11.8 Å². The molecule has 3 aromatic rings. The molecule has 4 heterocycles. The van der Waals surface area contributed by atoms with Crippen LogP contribution >= 0.6 is 0 Å². The van der Waals surface area contributed by atoms with Crippen LogP contribution in [0.25, 0.3) is 11.3 Å². The molecule has 27 heavy (non-hydrogen) atoms. The summed E-state index contributed by atoms with van der Waals surface area (Å²) < 4.78 is 7.71. The molecule has 0 unspecified atom stereocenters. The van der Waals surface area contributed by atoms with Gasteiger partial charge >= 0.3 is 0 Å². The average molecular weight is 360 g/mol. The van der Waals surface area contributed by atoms with Gasteiger partial charge in [0.15, 0.2) is 0 Å². The van der Waals surface area contributed by atoms with Gasteiger partial charge in [-0.3, -0.25) is 9.88 Å². The van der Waals surface area contributed by atoms with Crippen LogP contribution in [0.4, 0.5) is 0 Å². The number of fused-ring (bicyclic) bond motifs is 2. The zero-order valence-electron chi connectivity index (χ0n) is 15.6. The second-order valence-electron chi connectivity index (χ2n) is 7.64. The van der Waals surface area contributed by atoms with Gasteiger partial charge in [-0.15, -0.1) is 0 Å². The van der Waals surface area contributed by atoms with E-state index in [1.54, 1.807) is 7.11 Å². The zero-order chi connectivity index (χ0) is 18.2. The van der Waals surface area contributed by atoms with Gasteiger partial charge in [0.2, 0.25) is 0 Å². The Morgan fingerprint density at radius 2 is 1.85 bits per heavy atom. The van der Waals surface area contributed by atoms with Crippen molar-refractivity contribution in [2.45, 2.75) is 19.5 Å². The van der Waals surface area contributed by atoms with E-state index in [1.165, 1.54) is 17.1 Å². The van der Waals surface area contributed by atoms with Crippen LogP contribution in [-0.4, -0.2) is 39.6 Å². The van der Waals surface area contributed by atoms with Gasteiger partial charge in [-0.2, -0.15) is 0 Å². The van der Waals surface area contributed by atoms with Gasteiger partial charge in [-0.25, -0.2) is 4.98 Å². The largest absolute Gasteiger partial charge is 0.497 e. The van der Waals surface area contributed by atoms with E-state index in [-0.39, 0.29) is 0 Å². The molecule has 5 nitrogen and oxygen atoms in total. The standard InChI is InChI=1S/C22H24N4O/c1-27-20-7-5-16(6-8-20)21-11-24-22-10-17-12-25(13-18(17)14-26(21)22)15-19-4-2-3-9-23-19/h2-9,11,17-18H,10,12-15H2,1H3/t17-,18+/m1/s1. The summed E-state index contributed by atoms with van der Waals surface area (Å²) in [7, 11) is 1.70. The van der Waals surface area contributed by atoms with Crippen LogP contribution in [0.5, 0.6) is 5.75 Å². The van der Waals surface area contributed by atoms with Gasteiger partial charge in [0.05, 0.1) is 24.7 Å². The molecule has 1 saturated heterocycles. The van der Waals surface area contributed by atoms with E-state index < -0.39 is 0 Å².